The highest BCUT2D eigenvalue weighted by Crippen LogP contribution is 2.31. The highest BCUT2D eigenvalue weighted by atomic mass is 35.5. The zero-order valence-electron chi connectivity index (χ0n) is 16.1. The molecule has 0 radical (unpaired) electrons. The summed E-state index contributed by atoms with van der Waals surface area (Å²) in [5, 5.41) is 3.25. The highest BCUT2D eigenvalue weighted by Gasteiger charge is 2.20. The second kappa shape index (κ2) is 9.82. The van der Waals surface area contributed by atoms with Crippen molar-refractivity contribution in [1.82, 2.24) is 0 Å². The summed E-state index contributed by atoms with van der Waals surface area (Å²) in [6, 6.07) is 9.48. The van der Waals surface area contributed by atoms with Crippen molar-refractivity contribution in [3.63, 3.8) is 0 Å². The third kappa shape index (κ3) is 5.64. The Bertz CT molecular complexity index is 978. The van der Waals surface area contributed by atoms with Crippen LogP contribution in [0.5, 0.6) is 11.5 Å². The number of hydrogen-bond donors (Lipinski definition) is 1. The fourth-order valence-corrected chi connectivity index (χ4v) is 3.05. The number of ketones is 1. The summed E-state index contributed by atoms with van der Waals surface area (Å²) in [6.07, 6.45) is -1.30. The fraction of sp³-hybridized carbons (Fsp3) is 0.286. The number of anilines is 1. The Labute approximate surface area is 183 Å². The van der Waals surface area contributed by atoms with Crippen LogP contribution in [0.15, 0.2) is 36.4 Å². The van der Waals surface area contributed by atoms with E-state index < -0.39 is 18.0 Å². The second-order valence-corrected chi connectivity index (χ2v) is 7.37. The van der Waals surface area contributed by atoms with Crippen LogP contribution in [-0.4, -0.2) is 37.0 Å². The molecule has 158 valence electrons. The molecule has 1 aliphatic heterocycles. The molecule has 2 aromatic carbocycles. The number of carbonyl (C=O) groups excluding carboxylic acids is 3. The number of fused-ring (bicyclic) bond motifs is 1. The predicted octanol–water partition coefficient (Wildman–Crippen LogP) is 4.30. The van der Waals surface area contributed by atoms with Crippen LogP contribution < -0.4 is 14.8 Å². The van der Waals surface area contributed by atoms with E-state index in [2.05, 4.69) is 5.32 Å². The van der Waals surface area contributed by atoms with Crippen LogP contribution in [0.2, 0.25) is 10.0 Å². The minimum absolute atomic E-state index is 0.0626. The number of rotatable bonds is 7. The van der Waals surface area contributed by atoms with E-state index in [1.807, 2.05) is 0 Å². The Morgan fingerprint density at radius 1 is 1.03 bits per heavy atom. The lowest BCUT2D eigenvalue weighted by Crippen LogP contribution is -2.30. The molecular formula is C21H19Cl2NO6. The zero-order valence-corrected chi connectivity index (χ0v) is 17.6. The second-order valence-electron chi connectivity index (χ2n) is 6.53. The van der Waals surface area contributed by atoms with Gasteiger partial charge < -0.3 is 19.5 Å². The van der Waals surface area contributed by atoms with Crippen molar-refractivity contribution in [3.8, 4) is 11.5 Å². The number of hydrogen-bond acceptors (Lipinski definition) is 6. The van der Waals surface area contributed by atoms with Gasteiger partial charge in [-0.2, -0.15) is 0 Å². The largest absolute Gasteiger partial charge is 0.486 e. The number of benzene rings is 2. The highest BCUT2D eigenvalue weighted by molar-refractivity contribution is 6.35. The normalized spacial score (nSPS) is 13.3. The third-order valence-electron chi connectivity index (χ3n) is 4.28. The van der Waals surface area contributed by atoms with Gasteiger partial charge in [-0.15, -0.1) is 0 Å². The van der Waals surface area contributed by atoms with Gasteiger partial charge in [0.1, 0.15) is 13.2 Å². The van der Waals surface area contributed by atoms with Crippen LogP contribution in [0.4, 0.5) is 5.69 Å². The molecule has 0 aliphatic carbocycles. The van der Waals surface area contributed by atoms with Crippen molar-refractivity contribution in [2.24, 2.45) is 0 Å². The van der Waals surface area contributed by atoms with Crippen molar-refractivity contribution in [2.75, 3.05) is 18.5 Å². The maximum atomic E-state index is 12.4. The average molecular weight is 452 g/mol. The molecule has 0 aromatic heterocycles. The fourth-order valence-electron chi connectivity index (χ4n) is 2.71. The zero-order chi connectivity index (χ0) is 21.7. The lowest BCUT2D eigenvalue weighted by Gasteiger charge is -2.18. The van der Waals surface area contributed by atoms with E-state index in [1.165, 1.54) is 13.0 Å². The molecule has 2 aromatic rings. The number of nitrogens with one attached hydrogen (secondary N) is 1. The van der Waals surface area contributed by atoms with E-state index in [9.17, 15) is 14.4 Å². The Kier molecular flexibility index (Phi) is 7.18. The summed E-state index contributed by atoms with van der Waals surface area (Å²) in [5.41, 5.74) is 0.722. The summed E-state index contributed by atoms with van der Waals surface area (Å²) < 4.78 is 16.0. The Hall–Kier alpha value is -2.77. The van der Waals surface area contributed by atoms with Gasteiger partial charge in [-0.25, -0.2) is 0 Å². The Balaban J connectivity index is 1.49. The van der Waals surface area contributed by atoms with Crippen LogP contribution in [0.25, 0.3) is 0 Å². The lowest BCUT2D eigenvalue weighted by atomic mass is 10.1. The molecule has 0 bridgehead atoms. The van der Waals surface area contributed by atoms with Gasteiger partial charge in [-0.05, 0) is 43.3 Å². The van der Waals surface area contributed by atoms with Gasteiger partial charge in [-0.1, -0.05) is 23.2 Å². The van der Waals surface area contributed by atoms with Crippen molar-refractivity contribution in [2.45, 2.75) is 25.9 Å². The molecule has 1 unspecified atom stereocenters. The number of halogens is 2. The van der Waals surface area contributed by atoms with Gasteiger partial charge in [-0.3, -0.25) is 14.4 Å². The maximum absolute atomic E-state index is 12.4. The van der Waals surface area contributed by atoms with Crippen LogP contribution in [0.3, 0.4) is 0 Å². The van der Waals surface area contributed by atoms with Crippen molar-refractivity contribution < 1.29 is 28.6 Å². The number of amides is 1. The molecule has 0 fully saturated rings. The van der Waals surface area contributed by atoms with Gasteiger partial charge in [0.15, 0.2) is 23.4 Å². The van der Waals surface area contributed by atoms with Crippen molar-refractivity contribution in [1.29, 1.82) is 0 Å². The number of ether oxygens (including phenoxy) is 3. The first-order valence-electron chi connectivity index (χ1n) is 9.21. The standard InChI is InChI=1S/C21H19Cl2NO6/c1-12(21(27)24-16-11-14(22)3-4-15(16)23)30-20(26)7-5-17(25)13-2-6-18-19(10-13)29-9-8-28-18/h2-4,6,10-12H,5,7-9H2,1H3,(H,24,27). The first kappa shape index (κ1) is 21.9. The van der Waals surface area contributed by atoms with Crippen LogP contribution >= 0.6 is 23.2 Å². The molecule has 1 heterocycles. The van der Waals surface area contributed by atoms with E-state index in [0.29, 0.717) is 46.0 Å². The molecule has 1 atom stereocenters. The van der Waals surface area contributed by atoms with E-state index >= 15 is 0 Å². The monoisotopic (exact) mass is 451 g/mol. The molecule has 9 heteroatoms. The quantitative estimate of drug-likeness (QED) is 0.498. The molecule has 0 spiro atoms. The topological polar surface area (TPSA) is 90.9 Å². The molecule has 1 aliphatic rings. The lowest BCUT2D eigenvalue weighted by molar-refractivity contribution is -0.153. The smallest absolute Gasteiger partial charge is 0.307 e. The molecule has 3 rings (SSSR count). The molecule has 7 nitrogen and oxygen atoms in total. The Morgan fingerprint density at radius 3 is 2.53 bits per heavy atom. The minimum atomic E-state index is -1.07. The molecule has 30 heavy (non-hydrogen) atoms. The summed E-state index contributed by atoms with van der Waals surface area (Å²) in [7, 11) is 0. The van der Waals surface area contributed by atoms with Gasteiger partial charge in [0.25, 0.3) is 5.91 Å². The van der Waals surface area contributed by atoms with E-state index in [0.717, 1.165) is 0 Å². The van der Waals surface area contributed by atoms with Gasteiger partial charge in [0, 0.05) is 17.0 Å². The average Bonchev–Trinajstić information content (AvgIpc) is 2.74. The summed E-state index contributed by atoms with van der Waals surface area (Å²) in [6.45, 7) is 2.30. The van der Waals surface area contributed by atoms with Gasteiger partial charge >= 0.3 is 5.97 Å². The van der Waals surface area contributed by atoms with Crippen molar-refractivity contribution >= 4 is 46.5 Å². The molecule has 1 amide bonds. The minimum Gasteiger partial charge on any atom is -0.486 e. The summed E-state index contributed by atoms with van der Waals surface area (Å²) in [5.74, 6) is -0.394. The van der Waals surface area contributed by atoms with Crippen LogP contribution in [0, 0.1) is 0 Å². The molecule has 1 N–H and O–H groups in total. The molecular weight excluding hydrogens is 433 g/mol. The molecule has 0 saturated carbocycles. The third-order valence-corrected chi connectivity index (χ3v) is 4.85. The number of Topliss-reactive ketones (excluding diaryl/α,β-unsaturated/α-hetero) is 1. The van der Waals surface area contributed by atoms with Crippen LogP contribution in [0.1, 0.15) is 30.1 Å². The van der Waals surface area contributed by atoms with Crippen molar-refractivity contribution in [3.05, 3.63) is 52.0 Å². The first-order valence-corrected chi connectivity index (χ1v) is 9.97. The Morgan fingerprint density at radius 2 is 1.77 bits per heavy atom. The van der Waals surface area contributed by atoms with E-state index in [1.54, 1.807) is 30.3 Å². The first-order chi connectivity index (χ1) is 14.3. The van der Waals surface area contributed by atoms with E-state index in [-0.39, 0.29) is 18.6 Å². The summed E-state index contributed by atoms with van der Waals surface area (Å²) >= 11 is 11.9. The van der Waals surface area contributed by atoms with Gasteiger partial charge in [0.2, 0.25) is 0 Å². The summed E-state index contributed by atoms with van der Waals surface area (Å²) in [4.78, 5) is 36.6. The number of esters is 1. The maximum Gasteiger partial charge on any atom is 0.307 e. The SMILES string of the molecule is CC(OC(=O)CCC(=O)c1ccc2c(c1)OCCO2)C(=O)Nc1cc(Cl)ccc1Cl. The van der Waals surface area contributed by atoms with E-state index in [4.69, 9.17) is 37.4 Å². The predicted molar refractivity (Wildman–Crippen MR) is 112 cm³/mol. The number of carbonyl (C=O) groups is 3. The molecule has 0 saturated heterocycles. The van der Waals surface area contributed by atoms with Gasteiger partial charge in [0.05, 0.1) is 17.1 Å². The van der Waals surface area contributed by atoms with Crippen LogP contribution in [-0.2, 0) is 14.3 Å².